The maximum absolute atomic E-state index is 12.3. The Morgan fingerprint density at radius 3 is 2.88 bits per heavy atom. The Bertz CT molecular complexity index is 742. The third-order valence-electron chi connectivity index (χ3n) is 4.32. The van der Waals surface area contributed by atoms with Gasteiger partial charge >= 0.3 is 5.97 Å². The van der Waals surface area contributed by atoms with Gasteiger partial charge in [-0.05, 0) is 13.3 Å². The van der Waals surface area contributed by atoms with Gasteiger partial charge in [-0.15, -0.1) is 0 Å². The minimum absolute atomic E-state index is 0.115. The first-order valence-corrected chi connectivity index (χ1v) is 8.81. The number of carboxylic acid groups (broad SMARTS) is 1. The lowest BCUT2D eigenvalue weighted by Crippen LogP contribution is -2.55. The van der Waals surface area contributed by atoms with Crippen molar-refractivity contribution in [3.63, 3.8) is 0 Å². The molecule has 0 saturated carbocycles. The first-order chi connectivity index (χ1) is 12.0. The Morgan fingerprint density at radius 1 is 1.48 bits per heavy atom. The number of aromatic nitrogens is 1. The van der Waals surface area contributed by atoms with E-state index in [2.05, 4.69) is 15.3 Å². The number of carbonyl (C=O) groups excluding carboxylic acids is 1. The molecule has 1 aromatic heterocycles. The number of allylic oxidation sites excluding steroid dienone is 2. The van der Waals surface area contributed by atoms with Crippen LogP contribution in [0.2, 0.25) is 0 Å². The molecule has 1 saturated heterocycles. The van der Waals surface area contributed by atoms with Gasteiger partial charge in [-0.1, -0.05) is 17.4 Å². The van der Waals surface area contributed by atoms with E-state index in [1.165, 1.54) is 6.20 Å². The Hall–Kier alpha value is -2.26. The standard InChI is InChI=1S/C16H20N4O4S/c1-9-3-4-11(18-9)14(21)19-10-5-6-20(8-12(10)24-2)16-17-7-13(25-16)15(22)23/h3,7,10,12H,4-6,8H2,1-2H3,(H,19,21)(H,22,23)/t10-,12+/m1/s1. The van der Waals surface area contributed by atoms with Gasteiger partial charge in [0.2, 0.25) is 0 Å². The summed E-state index contributed by atoms with van der Waals surface area (Å²) in [6.45, 7) is 3.08. The predicted octanol–water partition coefficient (Wildman–Crippen LogP) is 1.30. The maximum Gasteiger partial charge on any atom is 0.347 e. The molecule has 1 aromatic rings. The van der Waals surface area contributed by atoms with Gasteiger partial charge in [-0.2, -0.15) is 0 Å². The van der Waals surface area contributed by atoms with Crippen molar-refractivity contribution in [2.45, 2.75) is 31.9 Å². The van der Waals surface area contributed by atoms with Gasteiger partial charge in [0.1, 0.15) is 10.6 Å². The Labute approximate surface area is 149 Å². The molecule has 0 unspecified atom stereocenters. The van der Waals surface area contributed by atoms with Crippen molar-refractivity contribution in [3.8, 4) is 0 Å². The number of carbonyl (C=O) groups is 2. The quantitative estimate of drug-likeness (QED) is 0.816. The average molecular weight is 364 g/mol. The fraction of sp³-hybridized carbons (Fsp3) is 0.500. The van der Waals surface area contributed by atoms with Gasteiger partial charge < -0.3 is 20.1 Å². The predicted molar refractivity (Wildman–Crippen MR) is 94.4 cm³/mol. The second-order valence-corrected chi connectivity index (χ2v) is 7.02. The molecule has 0 radical (unpaired) electrons. The maximum atomic E-state index is 12.3. The molecule has 0 bridgehead atoms. The van der Waals surface area contributed by atoms with Crippen LogP contribution in [0, 0.1) is 0 Å². The second-order valence-electron chi connectivity index (χ2n) is 6.01. The van der Waals surface area contributed by atoms with E-state index in [1.54, 1.807) is 7.11 Å². The fourth-order valence-electron chi connectivity index (χ4n) is 2.95. The lowest BCUT2D eigenvalue weighted by atomic mass is 10.0. The van der Waals surface area contributed by atoms with Crippen LogP contribution in [0.15, 0.2) is 23.0 Å². The molecule has 1 fully saturated rings. The second kappa shape index (κ2) is 7.32. The molecule has 9 heteroatoms. The summed E-state index contributed by atoms with van der Waals surface area (Å²) in [7, 11) is 1.61. The number of carboxylic acids is 1. The summed E-state index contributed by atoms with van der Waals surface area (Å²) in [6.07, 6.45) is 4.34. The molecule has 0 aromatic carbocycles. The summed E-state index contributed by atoms with van der Waals surface area (Å²) in [5, 5.41) is 12.7. The minimum Gasteiger partial charge on any atom is -0.477 e. The van der Waals surface area contributed by atoms with E-state index in [1.807, 2.05) is 17.9 Å². The van der Waals surface area contributed by atoms with Gasteiger partial charge in [0, 0.05) is 32.3 Å². The molecule has 0 spiro atoms. The first-order valence-electron chi connectivity index (χ1n) is 8.00. The smallest absolute Gasteiger partial charge is 0.347 e. The number of amides is 1. The lowest BCUT2D eigenvalue weighted by Gasteiger charge is -2.37. The summed E-state index contributed by atoms with van der Waals surface area (Å²) >= 11 is 1.14. The van der Waals surface area contributed by atoms with Crippen molar-refractivity contribution >= 4 is 34.1 Å². The van der Waals surface area contributed by atoms with E-state index in [0.29, 0.717) is 36.8 Å². The van der Waals surface area contributed by atoms with Crippen molar-refractivity contribution in [1.29, 1.82) is 0 Å². The molecule has 1 amide bonds. The molecular formula is C16H20N4O4S. The number of anilines is 1. The number of aromatic carboxylic acids is 1. The highest BCUT2D eigenvalue weighted by Crippen LogP contribution is 2.26. The number of methoxy groups -OCH3 is 1. The van der Waals surface area contributed by atoms with Gasteiger partial charge in [-0.25, -0.2) is 9.78 Å². The number of aliphatic imine (C=N–C) groups is 1. The van der Waals surface area contributed by atoms with E-state index in [0.717, 1.165) is 17.0 Å². The average Bonchev–Trinajstić information content (AvgIpc) is 3.24. The molecule has 2 aliphatic heterocycles. The van der Waals surface area contributed by atoms with Crippen LogP contribution >= 0.6 is 11.3 Å². The number of thiazole rings is 1. The van der Waals surface area contributed by atoms with Crippen molar-refractivity contribution < 1.29 is 19.4 Å². The van der Waals surface area contributed by atoms with E-state index in [4.69, 9.17) is 9.84 Å². The monoisotopic (exact) mass is 364 g/mol. The molecule has 25 heavy (non-hydrogen) atoms. The number of hydrogen-bond donors (Lipinski definition) is 2. The topological polar surface area (TPSA) is 104 Å². The normalized spacial score (nSPS) is 23.2. The van der Waals surface area contributed by atoms with Crippen LogP contribution in [-0.2, 0) is 9.53 Å². The molecule has 2 aliphatic rings. The van der Waals surface area contributed by atoms with E-state index in [9.17, 15) is 9.59 Å². The highest BCUT2D eigenvalue weighted by molar-refractivity contribution is 7.17. The molecule has 3 heterocycles. The summed E-state index contributed by atoms with van der Waals surface area (Å²) in [6, 6.07) is -0.115. The molecule has 2 atom stereocenters. The van der Waals surface area contributed by atoms with Crippen LogP contribution in [0.4, 0.5) is 5.13 Å². The number of ether oxygens (including phenoxy) is 1. The zero-order valence-corrected chi connectivity index (χ0v) is 14.9. The van der Waals surface area contributed by atoms with E-state index < -0.39 is 5.97 Å². The minimum atomic E-state index is -0.976. The highest BCUT2D eigenvalue weighted by Gasteiger charge is 2.32. The Kier molecular flexibility index (Phi) is 5.14. The summed E-state index contributed by atoms with van der Waals surface area (Å²) < 4.78 is 5.55. The molecule has 8 nitrogen and oxygen atoms in total. The molecule has 0 aliphatic carbocycles. The first kappa shape index (κ1) is 17.6. The van der Waals surface area contributed by atoms with Crippen LogP contribution in [0.1, 0.15) is 29.4 Å². The van der Waals surface area contributed by atoms with Crippen molar-refractivity contribution in [3.05, 3.63) is 22.8 Å². The molecule has 3 rings (SSSR count). The third-order valence-corrected chi connectivity index (χ3v) is 5.36. The summed E-state index contributed by atoms with van der Waals surface area (Å²) in [5.41, 5.74) is 1.39. The molecule has 134 valence electrons. The zero-order valence-electron chi connectivity index (χ0n) is 14.1. The van der Waals surface area contributed by atoms with Gasteiger partial charge in [0.25, 0.3) is 5.91 Å². The third kappa shape index (κ3) is 3.88. The van der Waals surface area contributed by atoms with Crippen LogP contribution in [0.3, 0.4) is 0 Å². The summed E-state index contributed by atoms with van der Waals surface area (Å²) in [4.78, 5) is 34.0. The number of hydrogen-bond acceptors (Lipinski definition) is 7. The van der Waals surface area contributed by atoms with Crippen molar-refractivity contribution in [2.24, 2.45) is 4.99 Å². The Morgan fingerprint density at radius 2 is 2.28 bits per heavy atom. The Balaban J connectivity index is 1.62. The number of piperidine rings is 1. The van der Waals surface area contributed by atoms with Crippen LogP contribution < -0.4 is 10.2 Å². The lowest BCUT2D eigenvalue weighted by molar-refractivity contribution is -0.116. The number of nitrogens with one attached hydrogen (secondary N) is 1. The van der Waals surface area contributed by atoms with Gasteiger partial charge in [0.15, 0.2) is 5.13 Å². The molecular weight excluding hydrogens is 344 g/mol. The van der Waals surface area contributed by atoms with Crippen LogP contribution in [0.5, 0.6) is 0 Å². The number of rotatable bonds is 5. The van der Waals surface area contributed by atoms with Crippen LogP contribution in [-0.4, -0.2) is 60.0 Å². The molecule has 2 N–H and O–H groups in total. The highest BCUT2D eigenvalue weighted by atomic mass is 32.1. The van der Waals surface area contributed by atoms with Crippen molar-refractivity contribution in [2.75, 3.05) is 25.1 Å². The number of nitrogens with zero attached hydrogens (tertiary/aromatic N) is 3. The summed E-state index contributed by atoms with van der Waals surface area (Å²) in [5.74, 6) is -1.13. The van der Waals surface area contributed by atoms with Gasteiger partial charge in [0.05, 0.1) is 18.3 Å². The van der Waals surface area contributed by atoms with Crippen LogP contribution in [0.25, 0.3) is 0 Å². The largest absolute Gasteiger partial charge is 0.477 e. The SMILES string of the molecule is CO[C@H]1CN(c2ncc(C(=O)O)s2)CC[C@H]1NC(=O)C1=NC(C)=CC1. The van der Waals surface area contributed by atoms with Gasteiger partial charge in [-0.3, -0.25) is 9.79 Å². The van der Waals surface area contributed by atoms with E-state index >= 15 is 0 Å². The van der Waals surface area contributed by atoms with Crippen molar-refractivity contribution in [1.82, 2.24) is 10.3 Å². The fourth-order valence-corrected chi connectivity index (χ4v) is 3.74. The zero-order chi connectivity index (χ0) is 18.0. The van der Waals surface area contributed by atoms with E-state index in [-0.39, 0.29) is 22.9 Å².